The molecule has 0 radical (unpaired) electrons. The van der Waals surface area contributed by atoms with Gasteiger partial charge in [-0.25, -0.2) is 0 Å². The fourth-order valence-corrected chi connectivity index (χ4v) is 2.39. The molecule has 0 aromatic heterocycles. The SMILES string of the molecule is CSCCNCC1CC1c1ccccc1. The third-order valence-corrected chi connectivity index (χ3v) is 3.65. The van der Waals surface area contributed by atoms with Crippen molar-refractivity contribution in [3.8, 4) is 0 Å². The first-order valence-corrected chi connectivity index (χ1v) is 7.06. The van der Waals surface area contributed by atoms with Gasteiger partial charge in [-0.15, -0.1) is 0 Å². The van der Waals surface area contributed by atoms with Crippen LogP contribution in [0.2, 0.25) is 0 Å². The summed E-state index contributed by atoms with van der Waals surface area (Å²) in [7, 11) is 0. The van der Waals surface area contributed by atoms with Gasteiger partial charge in [-0.3, -0.25) is 0 Å². The van der Waals surface area contributed by atoms with Crippen molar-refractivity contribution in [3.05, 3.63) is 35.9 Å². The van der Waals surface area contributed by atoms with Crippen LogP contribution in [0.25, 0.3) is 0 Å². The number of rotatable bonds is 6. The molecule has 1 aromatic carbocycles. The topological polar surface area (TPSA) is 12.0 Å². The maximum absolute atomic E-state index is 3.53. The smallest absolute Gasteiger partial charge is 0.00553 e. The fraction of sp³-hybridized carbons (Fsp3) is 0.538. The van der Waals surface area contributed by atoms with Gasteiger partial charge in [-0.2, -0.15) is 11.8 Å². The van der Waals surface area contributed by atoms with Crippen molar-refractivity contribution in [1.82, 2.24) is 5.32 Å². The first-order valence-electron chi connectivity index (χ1n) is 5.66. The molecule has 1 aromatic rings. The van der Waals surface area contributed by atoms with Crippen molar-refractivity contribution < 1.29 is 0 Å². The monoisotopic (exact) mass is 221 g/mol. The van der Waals surface area contributed by atoms with Gasteiger partial charge in [0.15, 0.2) is 0 Å². The van der Waals surface area contributed by atoms with E-state index in [1.165, 1.54) is 24.3 Å². The lowest BCUT2D eigenvalue weighted by Gasteiger charge is -2.03. The number of hydrogen-bond acceptors (Lipinski definition) is 2. The summed E-state index contributed by atoms with van der Waals surface area (Å²) in [5.41, 5.74) is 1.52. The predicted molar refractivity (Wildman–Crippen MR) is 68.5 cm³/mol. The van der Waals surface area contributed by atoms with E-state index < -0.39 is 0 Å². The number of benzene rings is 1. The number of hydrogen-bond donors (Lipinski definition) is 1. The van der Waals surface area contributed by atoms with Crippen molar-refractivity contribution >= 4 is 11.8 Å². The highest BCUT2D eigenvalue weighted by Crippen LogP contribution is 2.46. The van der Waals surface area contributed by atoms with Crippen LogP contribution in [0, 0.1) is 5.92 Å². The summed E-state index contributed by atoms with van der Waals surface area (Å²) in [6.07, 6.45) is 3.53. The highest BCUT2D eigenvalue weighted by atomic mass is 32.2. The summed E-state index contributed by atoms with van der Waals surface area (Å²) in [6, 6.07) is 10.9. The van der Waals surface area contributed by atoms with Crippen molar-refractivity contribution in [1.29, 1.82) is 0 Å². The molecule has 1 aliphatic rings. The van der Waals surface area contributed by atoms with Crippen molar-refractivity contribution in [3.63, 3.8) is 0 Å². The molecule has 1 N–H and O–H groups in total. The second-order valence-corrected chi connectivity index (χ2v) is 5.20. The molecule has 0 aliphatic heterocycles. The first kappa shape index (κ1) is 11.0. The average Bonchev–Trinajstić information content (AvgIpc) is 3.05. The Morgan fingerprint density at radius 1 is 1.33 bits per heavy atom. The maximum atomic E-state index is 3.53. The molecule has 15 heavy (non-hydrogen) atoms. The third kappa shape index (κ3) is 3.25. The average molecular weight is 221 g/mol. The molecule has 2 atom stereocenters. The molecular formula is C13H19NS. The van der Waals surface area contributed by atoms with Gasteiger partial charge in [-0.05, 0) is 36.6 Å². The lowest BCUT2D eigenvalue weighted by atomic mass is 10.1. The Morgan fingerprint density at radius 2 is 2.13 bits per heavy atom. The minimum atomic E-state index is 0.827. The lowest BCUT2D eigenvalue weighted by molar-refractivity contribution is 0.652. The van der Waals surface area contributed by atoms with Crippen LogP contribution in [-0.4, -0.2) is 25.1 Å². The molecule has 2 heteroatoms. The predicted octanol–water partition coefficient (Wildman–Crippen LogP) is 2.74. The highest BCUT2D eigenvalue weighted by Gasteiger charge is 2.37. The van der Waals surface area contributed by atoms with Gasteiger partial charge < -0.3 is 5.32 Å². The van der Waals surface area contributed by atoms with E-state index in [4.69, 9.17) is 0 Å². The van der Waals surface area contributed by atoms with Crippen molar-refractivity contribution in [2.75, 3.05) is 25.1 Å². The van der Waals surface area contributed by atoms with E-state index in [9.17, 15) is 0 Å². The molecule has 0 bridgehead atoms. The zero-order valence-corrected chi connectivity index (χ0v) is 10.1. The van der Waals surface area contributed by atoms with E-state index in [1.807, 2.05) is 11.8 Å². The highest BCUT2D eigenvalue weighted by molar-refractivity contribution is 7.98. The van der Waals surface area contributed by atoms with Crippen LogP contribution >= 0.6 is 11.8 Å². The van der Waals surface area contributed by atoms with Gasteiger partial charge in [0, 0.05) is 12.3 Å². The van der Waals surface area contributed by atoms with E-state index in [2.05, 4.69) is 41.9 Å². The van der Waals surface area contributed by atoms with E-state index in [1.54, 1.807) is 0 Å². The summed E-state index contributed by atoms with van der Waals surface area (Å²) in [5.74, 6) is 2.94. The second kappa shape index (κ2) is 5.57. The summed E-state index contributed by atoms with van der Waals surface area (Å²) in [5, 5.41) is 3.53. The van der Waals surface area contributed by atoms with Crippen LogP contribution in [0.4, 0.5) is 0 Å². The van der Waals surface area contributed by atoms with Crippen LogP contribution < -0.4 is 5.32 Å². The Hall–Kier alpha value is -0.470. The van der Waals surface area contributed by atoms with E-state index in [-0.39, 0.29) is 0 Å². The van der Waals surface area contributed by atoms with Crippen molar-refractivity contribution in [2.24, 2.45) is 5.92 Å². The van der Waals surface area contributed by atoms with Gasteiger partial charge in [0.25, 0.3) is 0 Å². The molecule has 0 saturated heterocycles. The van der Waals surface area contributed by atoms with E-state index >= 15 is 0 Å². The molecule has 0 spiro atoms. The maximum Gasteiger partial charge on any atom is 0.00553 e. The molecule has 0 amide bonds. The summed E-state index contributed by atoms with van der Waals surface area (Å²) in [6.45, 7) is 2.35. The Labute approximate surface area is 96.7 Å². The number of thioether (sulfide) groups is 1. The van der Waals surface area contributed by atoms with Gasteiger partial charge >= 0.3 is 0 Å². The van der Waals surface area contributed by atoms with Gasteiger partial charge in [0.05, 0.1) is 0 Å². The van der Waals surface area contributed by atoms with Gasteiger partial charge in [0.2, 0.25) is 0 Å². The zero-order chi connectivity index (χ0) is 10.5. The molecule has 1 fully saturated rings. The molecular weight excluding hydrogens is 202 g/mol. The molecule has 1 nitrogen and oxygen atoms in total. The van der Waals surface area contributed by atoms with Gasteiger partial charge in [0.1, 0.15) is 0 Å². The van der Waals surface area contributed by atoms with Crippen LogP contribution in [0.1, 0.15) is 17.9 Å². The zero-order valence-electron chi connectivity index (χ0n) is 9.28. The Morgan fingerprint density at radius 3 is 2.87 bits per heavy atom. The minimum Gasteiger partial charge on any atom is -0.316 e. The summed E-state index contributed by atoms with van der Waals surface area (Å²) < 4.78 is 0. The largest absolute Gasteiger partial charge is 0.316 e. The molecule has 82 valence electrons. The lowest BCUT2D eigenvalue weighted by Crippen LogP contribution is -2.20. The van der Waals surface area contributed by atoms with Gasteiger partial charge in [-0.1, -0.05) is 30.3 Å². The van der Waals surface area contributed by atoms with E-state index in [0.717, 1.165) is 18.4 Å². The Balaban J connectivity index is 1.68. The Kier molecular flexibility index (Phi) is 4.09. The quantitative estimate of drug-likeness (QED) is 0.741. The molecule has 0 heterocycles. The standard InChI is InChI=1S/C13H19NS/c1-15-8-7-14-10-12-9-13(12)11-5-3-2-4-6-11/h2-6,12-14H,7-10H2,1H3. The Bertz CT molecular complexity index is 286. The number of nitrogens with one attached hydrogen (secondary N) is 1. The summed E-state index contributed by atoms with van der Waals surface area (Å²) in [4.78, 5) is 0. The van der Waals surface area contributed by atoms with Crippen LogP contribution in [0.3, 0.4) is 0 Å². The molecule has 1 aliphatic carbocycles. The molecule has 2 rings (SSSR count). The van der Waals surface area contributed by atoms with Crippen molar-refractivity contribution in [2.45, 2.75) is 12.3 Å². The van der Waals surface area contributed by atoms with Crippen LogP contribution in [0.5, 0.6) is 0 Å². The summed E-state index contributed by atoms with van der Waals surface area (Å²) >= 11 is 1.91. The third-order valence-electron chi connectivity index (χ3n) is 3.04. The first-order chi connectivity index (χ1) is 7.42. The van der Waals surface area contributed by atoms with Crippen LogP contribution in [0.15, 0.2) is 30.3 Å². The molecule has 1 saturated carbocycles. The normalized spacial score (nSPS) is 24.1. The van der Waals surface area contributed by atoms with Crippen LogP contribution in [-0.2, 0) is 0 Å². The second-order valence-electron chi connectivity index (χ2n) is 4.21. The van der Waals surface area contributed by atoms with E-state index in [0.29, 0.717) is 0 Å². The molecule has 2 unspecified atom stereocenters. The fourth-order valence-electron chi connectivity index (χ4n) is 2.04. The minimum absolute atomic E-state index is 0.827.